The first-order chi connectivity index (χ1) is 9.19. The van der Waals surface area contributed by atoms with E-state index in [0.29, 0.717) is 0 Å². The molecule has 0 aromatic heterocycles. The Balaban J connectivity index is 2.18. The van der Waals surface area contributed by atoms with Crippen molar-refractivity contribution >= 4 is 33.2 Å². The van der Waals surface area contributed by atoms with Crippen LogP contribution in [0, 0.1) is 0 Å². The maximum Gasteiger partial charge on any atom is 0.0548 e. The SMILES string of the molecule is C=CCC(Nc1ccc(Cl)cc1)c1ccc(Br)cc1. The lowest BCUT2D eigenvalue weighted by atomic mass is 10.0. The molecule has 0 heterocycles. The predicted octanol–water partition coefficient (Wildman–Crippen LogP) is 5.83. The van der Waals surface area contributed by atoms with E-state index in [1.54, 1.807) is 0 Å². The zero-order chi connectivity index (χ0) is 13.7. The molecule has 0 amide bonds. The van der Waals surface area contributed by atoms with E-state index in [1.165, 1.54) is 5.56 Å². The van der Waals surface area contributed by atoms with Crippen molar-refractivity contribution in [2.24, 2.45) is 0 Å². The molecule has 0 spiro atoms. The van der Waals surface area contributed by atoms with E-state index in [9.17, 15) is 0 Å². The highest BCUT2D eigenvalue weighted by atomic mass is 79.9. The van der Waals surface area contributed by atoms with E-state index in [1.807, 2.05) is 30.3 Å². The molecule has 1 N–H and O–H groups in total. The average Bonchev–Trinajstić information content (AvgIpc) is 2.42. The molecule has 0 aliphatic heterocycles. The summed E-state index contributed by atoms with van der Waals surface area (Å²) in [5.41, 5.74) is 2.29. The minimum atomic E-state index is 0.215. The molecule has 98 valence electrons. The molecule has 0 fully saturated rings. The maximum atomic E-state index is 5.89. The molecule has 19 heavy (non-hydrogen) atoms. The summed E-state index contributed by atoms with van der Waals surface area (Å²) in [4.78, 5) is 0. The van der Waals surface area contributed by atoms with Gasteiger partial charge in [-0.25, -0.2) is 0 Å². The molecule has 3 heteroatoms. The summed E-state index contributed by atoms with van der Waals surface area (Å²) < 4.78 is 1.08. The van der Waals surface area contributed by atoms with Crippen molar-refractivity contribution in [3.63, 3.8) is 0 Å². The van der Waals surface area contributed by atoms with Gasteiger partial charge in [0.2, 0.25) is 0 Å². The van der Waals surface area contributed by atoms with Gasteiger partial charge < -0.3 is 5.32 Å². The molecule has 0 aliphatic carbocycles. The van der Waals surface area contributed by atoms with Crippen LogP contribution in [0.4, 0.5) is 5.69 Å². The van der Waals surface area contributed by atoms with Gasteiger partial charge in [-0.2, -0.15) is 0 Å². The molecule has 0 bridgehead atoms. The molecule has 0 aliphatic rings. The summed E-state index contributed by atoms with van der Waals surface area (Å²) in [6.07, 6.45) is 2.79. The Labute approximate surface area is 127 Å². The molecular weight excluding hydrogens is 322 g/mol. The summed E-state index contributed by atoms with van der Waals surface area (Å²) >= 11 is 9.35. The monoisotopic (exact) mass is 335 g/mol. The Morgan fingerprint density at radius 2 is 1.74 bits per heavy atom. The van der Waals surface area contributed by atoms with Crippen LogP contribution < -0.4 is 5.32 Å². The van der Waals surface area contributed by atoms with Gasteiger partial charge in [0, 0.05) is 15.2 Å². The van der Waals surface area contributed by atoms with Crippen LogP contribution in [0.25, 0.3) is 0 Å². The van der Waals surface area contributed by atoms with Crippen molar-refractivity contribution in [2.75, 3.05) is 5.32 Å². The second-order valence-electron chi connectivity index (χ2n) is 4.28. The summed E-state index contributed by atoms with van der Waals surface area (Å²) in [5.74, 6) is 0. The average molecular weight is 337 g/mol. The molecular formula is C16H15BrClN. The highest BCUT2D eigenvalue weighted by molar-refractivity contribution is 9.10. The van der Waals surface area contributed by atoms with Crippen molar-refractivity contribution in [3.8, 4) is 0 Å². The molecule has 2 rings (SSSR count). The molecule has 2 aromatic rings. The number of rotatable bonds is 5. The maximum absolute atomic E-state index is 5.89. The molecule has 2 aromatic carbocycles. The predicted molar refractivity (Wildman–Crippen MR) is 86.8 cm³/mol. The molecule has 0 saturated heterocycles. The highest BCUT2D eigenvalue weighted by Gasteiger charge is 2.09. The quantitative estimate of drug-likeness (QED) is 0.677. The minimum absolute atomic E-state index is 0.215. The van der Waals surface area contributed by atoms with Gasteiger partial charge >= 0.3 is 0 Å². The van der Waals surface area contributed by atoms with E-state index >= 15 is 0 Å². The zero-order valence-corrected chi connectivity index (χ0v) is 12.8. The Morgan fingerprint density at radius 3 is 2.32 bits per heavy atom. The first-order valence-corrected chi connectivity index (χ1v) is 7.24. The Bertz CT molecular complexity index is 534. The fraction of sp³-hybridized carbons (Fsp3) is 0.125. The standard InChI is InChI=1S/C16H15BrClN/c1-2-3-16(12-4-6-13(17)7-5-12)19-15-10-8-14(18)9-11-15/h2,4-11,16,19H,1,3H2. The van der Waals surface area contributed by atoms with Gasteiger partial charge in [0.1, 0.15) is 0 Å². The highest BCUT2D eigenvalue weighted by Crippen LogP contribution is 2.25. The molecule has 0 radical (unpaired) electrons. The number of hydrogen-bond donors (Lipinski definition) is 1. The van der Waals surface area contributed by atoms with Crippen LogP contribution in [0.2, 0.25) is 5.02 Å². The zero-order valence-electron chi connectivity index (χ0n) is 10.4. The van der Waals surface area contributed by atoms with Gasteiger partial charge in [0.05, 0.1) is 6.04 Å². The van der Waals surface area contributed by atoms with Crippen LogP contribution in [-0.2, 0) is 0 Å². The van der Waals surface area contributed by atoms with Crippen molar-refractivity contribution in [2.45, 2.75) is 12.5 Å². The second-order valence-corrected chi connectivity index (χ2v) is 5.63. The summed E-state index contributed by atoms with van der Waals surface area (Å²) in [6.45, 7) is 3.83. The molecule has 1 nitrogen and oxygen atoms in total. The lowest BCUT2D eigenvalue weighted by Gasteiger charge is -2.19. The summed E-state index contributed by atoms with van der Waals surface area (Å²) in [6, 6.07) is 16.3. The first kappa shape index (κ1) is 14.2. The fourth-order valence-corrected chi connectivity index (χ4v) is 2.28. The minimum Gasteiger partial charge on any atom is -0.378 e. The van der Waals surface area contributed by atoms with Crippen LogP contribution in [0.15, 0.2) is 65.7 Å². The molecule has 1 unspecified atom stereocenters. The summed E-state index contributed by atoms with van der Waals surface area (Å²) in [5, 5.41) is 4.24. The third-order valence-corrected chi connectivity index (χ3v) is 3.64. The van der Waals surface area contributed by atoms with E-state index < -0.39 is 0 Å². The largest absolute Gasteiger partial charge is 0.378 e. The van der Waals surface area contributed by atoms with Crippen LogP contribution in [0.3, 0.4) is 0 Å². The number of anilines is 1. The number of hydrogen-bond acceptors (Lipinski definition) is 1. The topological polar surface area (TPSA) is 12.0 Å². The van der Waals surface area contributed by atoms with Gasteiger partial charge in [0.25, 0.3) is 0 Å². The van der Waals surface area contributed by atoms with Crippen LogP contribution in [0.1, 0.15) is 18.0 Å². The van der Waals surface area contributed by atoms with Gasteiger partial charge in [-0.05, 0) is 48.4 Å². The lowest BCUT2D eigenvalue weighted by molar-refractivity contribution is 0.799. The van der Waals surface area contributed by atoms with Gasteiger partial charge in [0.15, 0.2) is 0 Å². The third kappa shape index (κ3) is 4.12. The smallest absolute Gasteiger partial charge is 0.0548 e. The second kappa shape index (κ2) is 6.78. The lowest BCUT2D eigenvalue weighted by Crippen LogP contribution is -2.09. The van der Waals surface area contributed by atoms with E-state index in [0.717, 1.165) is 21.6 Å². The van der Waals surface area contributed by atoms with Crippen molar-refractivity contribution in [1.82, 2.24) is 0 Å². The Morgan fingerprint density at radius 1 is 1.11 bits per heavy atom. The van der Waals surface area contributed by atoms with Crippen molar-refractivity contribution in [3.05, 3.63) is 76.2 Å². The number of nitrogens with one attached hydrogen (secondary N) is 1. The van der Waals surface area contributed by atoms with Gasteiger partial charge in [-0.1, -0.05) is 45.7 Å². The number of halogens is 2. The van der Waals surface area contributed by atoms with E-state index in [4.69, 9.17) is 11.6 Å². The Hall–Kier alpha value is -1.25. The van der Waals surface area contributed by atoms with Crippen LogP contribution in [0.5, 0.6) is 0 Å². The van der Waals surface area contributed by atoms with Crippen molar-refractivity contribution in [1.29, 1.82) is 0 Å². The third-order valence-electron chi connectivity index (χ3n) is 2.86. The van der Waals surface area contributed by atoms with Gasteiger partial charge in [-0.15, -0.1) is 6.58 Å². The van der Waals surface area contributed by atoms with Crippen molar-refractivity contribution < 1.29 is 0 Å². The van der Waals surface area contributed by atoms with E-state index in [2.05, 4.69) is 52.1 Å². The fourth-order valence-electron chi connectivity index (χ4n) is 1.89. The normalized spacial score (nSPS) is 11.9. The molecule has 1 atom stereocenters. The first-order valence-electron chi connectivity index (χ1n) is 6.07. The Kier molecular flexibility index (Phi) is 5.06. The van der Waals surface area contributed by atoms with Gasteiger partial charge in [-0.3, -0.25) is 0 Å². The molecule has 0 saturated carbocycles. The summed E-state index contributed by atoms with van der Waals surface area (Å²) in [7, 11) is 0. The number of benzene rings is 2. The van der Waals surface area contributed by atoms with Crippen LogP contribution in [-0.4, -0.2) is 0 Å². The van der Waals surface area contributed by atoms with Crippen LogP contribution >= 0.6 is 27.5 Å². The van der Waals surface area contributed by atoms with E-state index in [-0.39, 0.29) is 6.04 Å².